The molecule has 16 heavy (non-hydrogen) atoms. The van der Waals surface area contributed by atoms with Crippen LogP contribution in [0.1, 0.15) is 25.7 Å². The minimum atomic E-state index is 0.194. The number of rotatable bonds is 1. The van der Waals surface area contributed by atoms with E-state index in [2.05, 4.69) is 11.9 Å². The van der Waals surface area contributed by atoms with Crippen molar-refractivity contribution in [2.24, 2.45) is 11.7 Å². The lowest BCUT2D eigenvalue weighted by Gasteiger charge is -2.36. The lowest BCUT2D eigenvalue weighted by molar-refractivity contribution is -0.138. The van der Waals surface area contributed by atoms with E-state index in [1.165, 1.54) is 0 Å². The Kier molecular flexibility index (Phi) is 3.82. The number of nitrogens with zero attached hydrogens (tertiary/aromatic N) is 2. The molecule has 0 radical (unpaired) electrons. The van der Waals surface area contributed by atoms with Crippen LogP contribution in [-0.2, 0) is 4.79 Å². The van der Waals surface area contributed by atoms with E-state index in [1.807, 2.05) is 4.90 Å². The molecule has 0 bridgehead atoms. The molecule has 1 amide bonds. The molecule has 2 saturated heterocycles. The summed E-state index contributed by atoms with van der Waals surface area (Å²) in [5.74, 6) is 0.547. The highest BCUT2D eigenvalue weighted by Crippen LogP contribution is 2.19. The maximum absolute atomic E-state index is 12.3. The van der Waals surface area contributed by atoms with Crippen LogP contribution in [0, 0.1) is 5.92 Å². The van der Waals surface area contributed by atoms with Crippen molar-refractivity contribution in [2.75, 3.05) is 33.2 Å². The summed E-state index contributed by atoms with van der Waals surface area (Å²) >= 11 is 0. The maximum atomic E-state index is 12.3. The fourth-order valence-electron chi connectivity index (χ4n) is 2.84. The Morgan fingerprint density at radius 2 is 1.94 bits per heavy atom. The van der Waals surface area contributed by atoms with Crippen LogP contribution in [-0.4, -0.2) is 55.0 Å². The minimum Gasteiger partial charge on any atom is -0.341 e. The molecular weight excluding hydrogens is 202 g/mol. The molecule has 2 atom stereocenters. The smallest absolute Gasteiger partial charge is 0.227 e. The first-order valence-corrected chi connectivity index (χ1v) is 6.39. The van der Waals surface area contributed by atoms with Gasteiger partial charge < -0.3 is 15.5 Å². The van der Waals surface area contributed by atoms with Crippen molar-refractivity contribution in [3.8, 4) is 0 Å². The van der Waals surface area contributed by atoms with Crippen LogP contribution in [0.15, 0.2) is 0 Å². The molecule has 92 valence electrons. The monoisotopic (exact) mass is 225 g/mol. The Morgan fingerprint density at radius 1 is 1.19 bits per heavy atom. The molecule has 0 unspecified atom stereocenters. The van der Waals surface area contributed by atoms with Gasteiger partial charge >= 0.3 is 0 Å². The van der Waals surface area contributed by atoms with E-state index in [4.69, 9.17) is 5.73 Å². The van der Waals surface area contributed by atoms with Crippen molar-refractivity contribution < 1.29 is 4.79 Å². The van der Waals surface area contributed by atoms with Gasteiger partial charge in [0.2, 0.25) is 5.91 Å². The van der Waals surface area contributed by atoms with Gasteiger partial charge in [0, 0.05) is 25.7 Å². The summed E-state index contributed by atoms with van der Waals surface area (Å²) in [5, 5.41) is 0. The van der Waals surface area contributed by atoms with Crippen LogP contribution in [0.5, 0.6) is 0 Å². The zero-order valence-corrected chi connectivity index (χ0v) is 10.2. The van der Waals surface area contributed by atoms with Gasteiger partial charge in [0.25, 0.3) is 0 Å². The van der Waals surface area contributed by atoms with Gasteiger partial charge in [-0.05, 0) is 39.3 Å². The Labute approximate surface area is 97.8 Å². The quantitative estimate of drug-likeness (QED) is 0.697. The summed E-state index contributed by atoms with van der Waals surface area (Å²) < 4.78 is 0. The maximum Gasteiger partial charge on any atom is 0.227 e. The molecule has 2 heterocycles. The van der Waals surface area contributed by atoms with Gasteiger partial charge in [-0.25, -0.2) is 0 Å². The molecule has 2 rings (SSSR count). The van der Waals surface area contributed by atoms with Crippen molar-refractivity contribution in [1.29, 1.82) is 0 Å². The number of likely N-dealkylation sites (tertiary alicyclic amines) is 2. The summed E-state index contributed by atoms with van der Waals surface area (Å²) in [6.07, 6.45) is 4.32. The van der Waals surface area contributed by atoms with Crippen molar-refractivity contribution in [2.45, 2.75) is 31.7 Å². The molecule has 0 spiro atoms. The number of carbonyl (C=O) groups is 1. The summed E-state index contributed by atoms with van der Waals surface area (Å²) in [6.45, 7) is 3.72. The lowest BCUT2D eigenvalue weighted by atomic mass is 9.95. The zero-order chi connectivity index (χ0) is 11.5. The Balaban J connectivity index is 1.90. The third-order valence-corrected chi connectivity index (χ3v) is 3.74. The molecule has 0 aromatic carbocycles. The molecule has 2 fully saturated rings. The summed E-state index contributed by atoms with van der Waals surface area (Å²) in [6, 6.07) is 0.194. The predicted molar refractivity (Wildman–Crippen MR) is 64.0 cm³/mol. The third-order valence-electron chi connectivity index (χ3n) is 3.74. The first kappa shape index (κ1) is 11.9. The van der Waals surface area contributed by atoms with E-state index in [1.54, 1.807) is 0 Å². The second-order valence-electron chi connectivity index (χ2n) is 5.29. The number of hydrogen-bond acceptors (Lipinski definition) is 3. The van der Waals surface area contributed by atoms with Crippen LogP contribution in [0.2, 0.25) is 0 Å². The number of nitrogens with two attached hydrogens (primary N) is 1. The van der Waals surface area contributed by atoms with Gasteiger partial charge in [0.1, 0.15) is 0 Å². The van der Waals surface area contributed by atoms with Gasteiger partial charge in [0.15, 0.2) is 0 Å². The van der Waals surface area contributed by atoms with Crippen LogP contribution in [0.3, 0.4) is 0 Å². The predicted octanol–water partition coefficient (Wildman–Crippen LogP) is 0.278. The van der Waals surface area contributed by atoms with Gasteiger partial charge in [0.05, 0.1) is 5.92 Å². The highest BCUT2D eigenvalue weighted by molar-refractivity contribution is 5.79. The van der Waals surface area contributed by atoms with E-state index in [0.717, 1.165) is 51.9 Å². The highest BCUT2D eigenvalue weighted by Gasteiger charge is 2.30. The van der Waals surface area contributed by atoms with Crippen LogP contribution >= 0.6 is 0 Å². The van der Waals surface area contributed by atoms with Crippen molar-refractivity contribution in [3.05, 3.63) is 0 Å². The fraction of sp³-hybridized carbons (Fsp3) is 0.917. The van der Waals surface area contributed by atoms with E-state index in [-0.39, 0.29) is 12.0 Å². The Hall–Kier alpha value is -0.610. The number of carbonyl (C=O) groups excluding carboxylic acids is 1. The second kappa shape index (κ2) is 5.15. The molecule has 0 saturated carbocycles. The molecule has 4 nitrogen and oxygen atoms in total. The average molecular weight is 225 g/mol. The van der Waals surface area contributed by atoms with E-state index < -0.39 is 0 Å². The molecule has 0 aromatic rings. The number of hydrogen-bond donors (Lipinski definition) is 1. The van der Waals surface area contributed by atoms with Crippen molar-refractivity contribution >= 4 is 5.91 Å². The minimum absolute atomic E-state index is 0.194. The molecule has 2 aliphatic rings. The average Bonchev–Trinajstić information content (AvgIpc) is 2.28. The summed E-state index contributed by atoms with van der Waals surface area (Å²) in [7, 11) is 2.10. The molecule has 0 aromatic heterocycles. The molecule has 4 heteroatoms. The molecule has 0 aliphatic carbocycles. The van der Waals surface area contributed by atoms with Crippen molar-refractivity contribution in [3.63, 3.8) is 0 Å². The SMILES string of the molecule is CN1CCC[C@@H](C(=O)N2CCC[C@@H](N)C2)C1. The van der Waals surface area contributed by atoms with Crippen LogP contribution in [0.4, 0.5) is 0 Å². The highest BCUT2D eigenvalue weighted by atomic mass is 16.2. The lowest BCUT2D eigenvalue weighted by Crippen LogP contribution is -2.50. The van der Waals surface area contributed by atoms with Gasteiger partial charge in [-0.2, -0.15) is 0 Å². The van der Waals surface area contributed by atoms with E-state index in [0.29, 0.717) is 5.91 Å². The second-order valence-corrected chi connectivity index (χ2v) is 5.29. The fourth-order valence-corrected chi connectivity index (χ4v) is 2.84. The summed E-state index contributed by atoms with van der Waals surface area (Å²) in [5.41, 5.74) is 5.92. The van der Waals surface area contributed by atoms with E-state index in [9.17, 15) is 4.79 Å². The zero-order valence-electron chi connectivity index (χ0n) is 10.2. The largest absolute Gasteiger partial charge is 0.341 e. The molecular formula is C12H23N3O. The van der Waals surface area contributed by atoms with Crippen LogP contribution < -0.4 is 5.73 Å². The number of amides is 1. The first-order chi connectivity index (χ1) is 7.66. The van der Waals surface area contributed by atoms with Gasteiger partial charge in [-0.15, -0.1) is 0 Å². The van der Waals surface area contributed by atoms with Crippen LogP contribution in [0.25, 0.3) is 0 Å². The standard InChI is InChI=1S/C12H23N3O/c1-14-6-2-4-10(8-14)12(16)15-7-3-5-11(13)9-15/h10-11H,2-9,13H2,1H3/t10-,11-/m1/s1. The first-order valence-electron chi connectivity index (χ1n) is 6.39. The Morgan fingerprint density at radius 3 is 2.62 bits per heavy atom. The van der Waals surface area contributed by atoms with Gasteiger partial charge in [-0.1, -0.05) is 0 Å². The van der Waals surface area contributed by atoms with Gasteiger partial charge in [-0.3, -0.25) is 4.79 Å². The molecule has 2 N–H and O–H groups in total. The van der Waals surface area contributed by atoms with Crippen molar-refractivity contribution in [1.82, 2.24) is 9.80 Å². The third kappa shape index (κ3) is 2.74. The molecule has 2 aliphatic heterocycles. The van der Waals surface area contributed by atoms with E-state index >= 15 is 0 Å². The summed E-state index contributed by atoms with van der Waals surface area (Å²) in [4.78, 5) is 16.5. The Bertz CT molecular complexity index is 233. The topological polar surface area (TPSA) is 49.6 Å². The number of piperidine rings is 2. The normalized spacial score (nSPS) is 32.8.